The molecule has 2 aliphatic rings. The Morgan fingerprint density at radius 2 is 1.64 bits per heavy atom. The van der Waals surface area contributed by atoms with Crippen molar-refractivity contribution in [3.63, 3.8) is 0 Å². The maximum Gasteiger partial charge on any atom is 0.305 e. The van der Waals surface area contributed by atoms with E-state index in [0.717, 1.165) is 22.3 Å². The number of fused-ring (bicyclic) bond motifs is 1. The summed E-state index contributed by atoms with van der Waals surface area (Å²) in [5.41, 5.74) is 9.64. The molecule has 1 unspecified atom stereocenters. The number of carbonyl (C=O) groups excluding carboxylic acids is 3. The number of piperazine rings is 1. The highest BCUT2D eigenvalue weighted by molar-refractivity contribution is 6.32. The third-order valence-corrected chi connectivity index (χ3v) is 8.55. The van der Waals surface area contributed by atoms with Crippen LogP contribution in [0.1, 0.15) is 34.3 Å². The molecule has 0 spiro atoms. The van der Waals surface area contributed by atoms with E-state index < -0.39 is 5.97 Å². The third kappa shape index (κ3) is 10.3. The lowest BCUT2D eigenvalue weighted by atomic mass is 9.99. The molecule has 13 nitrogen and oxygen atoms in total. The van der Waals surface area contributed by atoms with E-state index >= 15 is 0 Å². The van der Waals surface area contributed by atoms with E-state index in [1.54, 1.807) is 46.3 Å². The number of hydrogen-bond acceptors (Lipinski definition) is 9. The Hall–Kier alpha value is -4.98. The summed E-state index contributed by atoms with van der Waals surface area (Å²) in [6, 6.07) is 14.7. The molecule has 0 aliphatic carbocycles. The van der Waals surface area contributed by atoms with Crippen LogP contribution in [0, 0.1) is 0 Å². The van der Waals surface area contributed by atoms with E-state index in [1.807, 2.05) is 24.3 Å². The van der Waals surface area contributed by atoms with Crippen molar-refractivity contribution in [3.8, 4) is 16.9 Å². The van der Waals surface area contributed by atoms with Gasteiger partial charge in [0.2, 0.25) is 11.8 Å². The summed E-state index contributed by atoms with van der Waals surface area (Å²) in [7, 11) is 0. The number of nitrogens with one attached hydrogen (secondary N) is 1. The van der Waals surface area contributed by atoms with E-state index in [1.165, 1.54) is 6.08 Å². The summed E-state index contributed by atoms with van der Waals surface area (Å²) in [5, 5.41) is 11.9. The number of nitrogen functional groups attached to an aromatic ring is 1. The van der Waals surface area contributed by atoms with Gasteiger partial charge in [-0.1, -0.05) is 23.7 Å². The minimum atomic E-state index is -0.917. The Balaban J connectivity index is 1.05. The van der Waals surface area contributed by atoms with Gasteiger partial charge in [-0.05, 0) is 59.2 Å². The number of nitrogens with zero attached hydrogens (tertiary/aromatic N) is 3. The van der Waals surface area contributed by atoms with Crippen LogP contribution >= 0.6 is 11.6 Å². The zero-order chi connectivity index (χ0) is 35.5. The number of carboxylic acids is 1. The zero-order valence-corrected chi connectivity index (χ0v) is 28.3. The number of hydrogen-bond donors (Lipinski definition) is 3. The molecule has 1 fully saturated rings. The van der Waals surface area contributed by atoms with Crippen LogP contribution in [0.2, 0.25) is 5.02 Å². The highest BCUT2D eigenvalue weighted by Crippen LogP contribution is 2.39. The molecule has 14 heteroatoms. The molecule has 0 radical (unpaired) electrons. The van der Waals surface area contributed by atoms with Crippen LogP contribution < -0.4 is 15.8 Å². The summed E-state index contributed by atoms with van der Waals surface area (Å²) in [6.45, 7) is 2.99. The lowest BCUT2D eigenvalue weighted by Gasteiger charge is -2.35. The van der Waals surface area contributed by atoms with Gasteiger partial charge >= 0.3 is 5.97 Å². The molecule has 1 atom stereocenters. The van der Waals surface area contributed by atoms with Gasteiger partial charge in [0.15, 0.2) is 0 Å². The van der Waals surface area contributed by atoms with E-state index in [4.69, 9.17) is 36.7 Å². The standard InChI is InChI=1S/C36H40ClN5O8/c37-30-21-27(19-28-20-29(50-35(28)30)23-40-32(43)8-2-24-1-7-31(38)39-22-24)25-3-5-26(6-4-25)36(47)42-13-11-41(12-14-42)33(44)9-15-48-17-18-49-16-10-34(45)46/h1-8,19,21-22,29H,9-18,20,23H2,(H2,38,39)(H,40,43)(H,45,46). The van der Waals surface area contributed by atoms with Crippen molar-refractivity contribution in [2.45, 2.75) is 25.4 Å². The summed E-state index contributed by atoms with van der Waals surface area (Å²) >= 11 is 6.61. The van der Waals surface area contributed by atoms with Gasteiger partial charge in [-0.25, -0.2) is 4.98 Å². The molecule has 2 aliphatic heterocycles. The quantitative estimate of drug-likeness (QED) is 0.157. The molecule has 1 aromatic heterocycles. The van der Waals surface area contributed by atoms with Gasteiger partial charge < -0.3 is 40.2 Å². The third-order valence-electron chi connectivity index (χ3n) is 8.27. The van der Waals surface area contributed by atoms with Gasteiger partial charge in [0.05, 0.1) is 50.8 Å². The molecule has 2 aromatic carbocycles. The lowest BCUT2D eigenvalue weighted by molar-refractivity contribution is -0.138. The van der Waals surface area contributed by atoms with Crippen LogP contribution in [-0.4, -0.2) is 109 Å². The van der Waals surface area contributed by atoms with Gasteiger partial charge in [-0.3, -0.25) is 19.2 Å². The average Bonchev–Trinajstić information content (AvgIpc) is 3.55. The van der Waals surface area contributed by atoms with Crippen molar-refractivity contribution in [1.29, 1.82) is 0 Å². The first kappa shape index (κ1) is 36.3. The fraction of sp³-hybridized carbons (Fsp3) is 0.361. The second kappa shape index (κ2) is 17.6. The molecular weight excluding hydrogens is 666 g/mol. The van der Waals surface area contributed by atoms with Gasteiger partial charge in [0, 0.05) is 56.0 Å². The molecule has 4 N–H and O–H groups in total. The highest BCUT2D eigenvalue weighted by Gasteiger charge is 2.27. The Bertz CT molecular complexity index is 1690. The smallest absolute Gasteiger partial charge is 0.305 e. The maximum absolute atomic E-state index is 13.2. The Morgan fingerprint density at radius 3 is 2.32 bits per heavy atom. The first-order valence-corrected chi connectivity index (χ1v) is 16.8. The molecule has 3 heterocycles. The monoisotopic (exact) mass is 705 g/mol. The number of anilines is 1. The number of aromatic nitrogens is 1. The molecule has 0 saturated carbocycles. The maximum atomic E-state index is 13.2. The van der Waals surface area contributed by atoms with Crippen molar-refractivity contribution < 1.29 is 38.5 Å². The predicted molar refractivity (Wildman–Crippen MR) is 187 cm³/mol. The number of benzene rings is 2. The molecule has 3 aromatic rings. The summed E-state index contributed by atoms with van der Waals surface area (Å²) < 4.78 is 16.6. The number of carbonyl (C=O) groups is 4. The fourth-order valence-electron chi connectivity index (χ4n) is 5.57. The number of rotatable bonds is 15. The molecule has 1 saturated heterocycles. The molecule has 264 valence electrons. The van der Waals surface area contributed by atoms with Crippen LogP contribution in [-0.2, 0) is 30.3 Å². The van der Waals surface area contributed by atoms with Crippen molar-refractivity contribution >= 4 is 47.2 Å². The Labute approximate surface area is 294 Å². The number of ether oxygens (including phenoxy) is 3. The normalized spacial score (nSPS) is 15.5. The minimum absolute atomic E-state index is 0.0386. The number of amides is 3. The Morgan fingerprint density at radius 1 is 0.940 bits per heavy atom. The van der Waals surface area contributed by atoms with Crippen LogP contribution in [0.4, 0.5) is 5.82 Å². The largest absolute Gasteiger partial charge is 0.486 e. The van der Waals surface area contributed by atoms with Gasteiger partial charge in [0.1, 0.15) is 17.7 Å². The van der Waals surface area contributed by atoms with Gasteiger partial charge in [-0.2, -0.15) is 0 Å². The van der Waals surface area contributed by atoms with Crippen LogP contribution in [0.5, 0.6) is 5.75 Å². The summed E-state index contributed by atoms with van der Waals surface area (Å²) in [4.78, 5) is 56.1. The second-order valence-corrected chi connectivity index (χ2v) is 12.3. The highest BCUT2D eigenvalue weighted by atomic mass is 35.5. The van der Waals surface area contributed by atoms with Crippen LogP contribution in [0.3, 0.4) is 0 Å². The van der Waals surface area contributed by atoms with E-state index in [-0.39, 0.29) is 63.1 Å². The van der Waals surface area contributed by atoms with Gasteiger partial charge in [-0.15, -0.1) is 0 Å². The minimum Gasteiger partial charge on any atom is -0.486 e. The van der Waals surface area contributed by atoms with Crippen molar-refractivity contribution in [2.75, 3.05) is 64.9 Å². The number of halogens is 1. The predicted octanol–water partition coefficient (Wildman–Crippen LogP) is 3.30. The summed E-state index contributed by atoms with van der Waals surface area (Å²) in [6.07, 6.45) is 5.17. The van der Waals surface area contributed by atoms with Crippen molar-refractivity contribution in [1.82, 2.24) is 20.1 Å². The first-order valence-electron chi connectivity index (χ1n) is 16.4. The molecular formula is C36H40ClN5O8. The Kier molecular flexibility index (Phi) is 12.8. The van der Waals surface area contributed by atoms with Crippen LogP contribution in [0.15, 0.2) is 60.8 Å². The van der Waals surface area contributed by atoms with E-state index in [2.05, 4.69) is 10.3 Å². The van der Waals surface area contributed by atoms with Crippen LogP contribution in [0.25, 0.3) is 17.2 Å². The number of nitrogens with two attached hydrogens (primary N) is 1. The van der Waals surface area contributed by atoms with E-state index in [9.17, 15) is 19.2 Å². The fourth-order valence-corrected chi connectivity index (χ4v) is 5.86. The second-order valence-electron chi connectivity index (χ2n) is 11.9. The average molecular weight is 706 g/mol. The number of pyridine rings is 1. The van der Waals surface area contributed by atoms with Crippen molar-refractivity contribution in [3.05, 3.63) is 82.5 Å². The number of aliphatic carboxylic acids is 1. The molecule has 0 bridgehead atoms. The molecule has 50 heavy (non-hydrogen) atoms. The molecule has 3 amide bonds. The number of carboxylic acid groups (broad SMARTS) is 1. The lowest BCUT2D eigenvalue weighted by Crippen LogP contribution is -2.50. The summed E-state index contributed by atoms with van der Waals surface area (Å²) in [5.74, 6) is -0.290. The van der Waals surface area contributed by atoms with Crippen molar-refractivity contribution in [2.24, 2.45) is 0 Å². The first-order chi connectivity index (χ1) is 24.2. The topological polar surface area (TPSA) is 174 Å². The molecule has 5 rings (SSSR count). The zero-order valence-electron chi connectivity index (χ0n) is 27.5. The van der Waals surface area contributed by atoms with Gasteiger partial charge in [0.25, 0.3) is 5.91 Å². The van der Waals surface area contributed by atoms with E-state index in [0.29, 0.717) is 61.3 Å². The SMILES string of the molecule is Nc1ccc(C=CC(=O)NCC2Cc3cc(-c4ccc(C(=O)N5CCN(C(=O)CCOCCOCCC(=O)O)CC5)cc4)cc(Cl)c3O2)cn1.